The maximum Gasteiger partial charge on any atom is 0.243 e. The number of hydrogen-bond donors (Lipinski definition) is 2. The molecule has 1 fully saturated rings. The summed E-state index contributed by atoms with van der Waals surface area (Å²) in [4.78, 5) is 11.0. The van der Waals surface area contributed by atoms with Crippen molar-refractivity contribution >= 4 is 5.91 Å². The summed E-state index contributed by atoms with van der Waals surface area (Å²) >= 11 is 0. The lowest BCUT2D eigenvalue weighted by atomic mass is 9.77. The van der Waals surface area contributed by atoms with Crippen molar-refractivity contribution in [1.82, 2.24) is 10.6 Å². The Morgan fingerprint density at radius 2 is 2.43 bits per heavy atom. The molecule has 1 unspecified atom stereocenters. The van der Waals surface area contributed by atoms with E-state index in [9.17, 15) is 4.79 Å². The maximum atomic E-state index is 11.0. The van der Waals surface area contributed by atoms with Crippen LogP contribution in [0.2, 0.25) is 0 Å². The first kappa shape index (κ1) is 11.2. The SMILES string of the molecule is C=CC(=O)NCC1NCCCC1(C)C. The normalized spacial score (nSPS) is 25.4. The molecule has 0 spiro atoms. The summed E-state index contributed by atoms with van der Waals surface area (Å²) in [5, 5.41) is 6.28. The fourth-order valence-electron chi connectivity index (χ4n) is 1.89. The van der Waals surface area contributed by atoms with E-state index in [1.54, 1.807) is 0 Å². The number of amides is 1. The minimum Gasteiger partial charge on any atom is -0.351 e. The van der Waals surface area contributed by atoms with Gasteiger partial charge in [0, 0.05) is 12.6 Å². The number of carbonyl (C=O) groups is 1. The molecule has 80 valence electrons. The number of rotatable bonds is 3. The zero-order valence-electron chi connectivity index (χ0n) is 9.10. The topological polar surface area (TPSA) is 41.1 Å². The lowest BCUT2D eigenvalue weighted by Gasteiger charge is -2.39. The van der Waals surface area contributed by atoms with Crippen LogP contribution in [0.5, 0.6) is 0 Å². The molecule has 1 atom stereocenters. The van der Waals surface area contributed by atoms with Gasteiger partial charge in [0.25, 0.3) is 0 Å². The Labute approximate surface area is 86.0 Å². The zero-order chi connectivity index (χ0) is 10.6. The van der Waals surface area contributed by atoms with E-state index in [0.29, 0.717) is 12.6 Å². The van der Waals surface area contributed by atoms with Crippen LogP contribution < -0.4 is 10.6 Å². The Kier molecular flexibility index (Phi) is 3.69. The van der Waals surface area contributed by atoms with Gasteiger partial charge >= 0.3 is 0 Å². The lowest BCUT2D eigenvalue weighted by molar-refractivity contribution is -0.116. The Bertz CT molecular complexity index is 223. The summed E-state index contributed by atoms with van der Waals surface area (Å²) in [6.45, 7) is 9.65. The zero-order valence-corrected chi connectivity index (χ0v) is 9.10. The van der Waals surface area contributed by atoms with E-state index in [2.05, 4.69) is 31.1 Å². The van der Waals surface area contributed by atoms with Gasteiger partial charge in [-0.2, -0.15) is 0 Å². The fraction of sp³-hybridized carbons (Fsp3) is 0.727. The predicted molar refractivity (Wildman–Crippen MR) is 58.0 cm³/mol. The second-order valence-corrected chi connectivity index (χ2v) is 4.55. The van der Waals surface area contributed by atoms with Gasteiger partial charge in [0.15, 0.2) is 0 Å². The molecule has 1 aliphatic heterocycles. The highest BCUT2D eigenvalue weighted by atomic mass is 16.1. The molecule has 0 aromatic rings. The van der Waals surface area contributed by atoms with Gasteiger partial charge in [-0.25, -0.2) is 0 Å². The van der Waals surface area contributed by atoms with Gasteiger partial charge in [-0.3, -0.25) is 4.79 Å². The van der Waals surface area contributed by atoms with Crippen molar-refractivity contribution in [2.75, 3.05) is 13.1 Å². The van der Waals surface area contributed by atoms with Crippen LogP contribution in [-0.4, -0.2) is 25.0 Å². The first-order chi connectivity index (χ1) is 6.56. The van der Waals surface area contributed by atoms with E-state index in [-0.39, 0.29) is 11.3 Å². The summed E-state index contributed by atoms with van der Waals surface area (Å²) in [5.41, 5.74) is 0.271. The van der Waals surface area contributed by atoms with Crippen LogP contribution in [0.1, 0.15) is 26.7 Å². The molecule has 0 aromatic carbocycles. The van der Waals surface area contributed by atoms with Crippen molar-refractivity contribution in [3.63, 3.8) is 0 Å². The minimum atomic E-state index is -0.0897. The van der Waals surface area contributed by atoms with Gasteiger partial charge in [0.1, 0.15) is 0 Å². The third-order valence-electron chi connectivity index (χ3n) is 3.00. The molecular formula is C11H20N2O. The minimum absolute atomic E-state index is 0.0897. The third-order valence-corrected chi connectivity index (χ3v) is 3.00. The molecule has 0 saturated carbocycles. The molecule has 3 nitrogen and oxygen atoms in total. The van der Waals surface area contributed by atoms with Crippen molar-refractivity contribution in [2.45, 2.75) is 32.7 Å². The van der Waals surface area contributed by atoms with Crippen LogP contribution in [0.4, 0.5) is 0 Å². The van der Waals surface area contributed by atoms with E-state index in [4.69, 9.17) is 0 Å². The summed E-state index contributed by atoms with van der Waals surface area (Å²) in [5.74, 6) is -0.0897. The predicted octanol–water partition coefficient (Wildman–Crippen LogP) is 1.07. The first-order valence-corrected chi connectivity index (χ1v) is 5.20. The van der Waals surface area contributed by atoms with Gasteiger partial charge in [0.05, 0.1) is 0 Å². The molecule has 1 heterocycles. The van der Waals surface area contributed by atoms with Gasteiger partial charge in [0.2, 0.25) is 5.91 Å². The molecule has 1 rings (SSSR count). The highest BCUT2D eigenvalue weighted by Gasteiger charge is 2.31. The summed E-state index contributed by atoms with van der Waals surface area (Å²) < 4.78 is 0. The maximum absolute atomic E-state index is 11.0. The van der Waals surface area contributed by atoms with Crippen LogP contribution in [0.25, 0.3) is 0 Å². The Balaban J connectivity index is 2.41. The van der Waals surface area contributed by atoms with Crippen LogP contribution in [0.3, 0.4) is 0 Å². The monoisotopic (exact) mass is 196 g/mol. The quantitative estimate of drug-likeness (QED) is 0.663. The number of carbonyl (C=O) groups excluding carboxylic acids is 1. The molecule has 3 heteroatoms. The van der Waals surface area contributed by atoms with Gasteiger partial charge in [-0.05, 0) is 30.9 Å². The van der Waals surface area contributed by atoms with E-state index in [0.717, 1.165) is 6.54 Å². The third kappa shape index (κ3) is 2.84. The summed E-state index contributed by atoms with van der Waals surface area (Å²) in [7, 11) is 0. The molecular weight excluding hydrogens is 176 g/mol. The molecule has 1 saturated heterocycles. The Morgan fingerprint density at radius 1 is 1.71 bits per heavy atom. The molecule has 14 heavy (non-hydrogen) atoms. The van der Waals surface area contributed by atoms with Gasteiger partial charge in [-0.1, -0.05) is 20.4 Å². The van der Waals surface area contributed by atoms with E-state index < -0.39 is 0 Å². The molecule has 0 aliphatic carbocycles. The van der Waals surface area contributed by atoms with Crippen molar-refractivity contribution in [3.05, 3.63) is 12.7 Å². The summed E-state index contributed by atoms with van der Waals surface area (Å²) in [6, 6.07) is 0.375. The number of nitrogens with one attached hydrogen (secondary N) is 2. The van der Waals surface area contributed by atoms with E-state index in [1.807, 2.05) is 0 Å². The average molecular weight is 196 g/mol. The molecule has 2 N–H and O–H groups in total. The van der Waals surface area contributed by atoms with Crippen LogP contribution in [0.15, 0.2) is 12.7 Å². The molecule has 1 amide bonds. The highest BCUT2D eigenvalue weighted by Crippen LogP contribution is 2.29. The molecule has 0 bridgehead atoms. The van der Waals surface area contributed by atoms with Crippen molar-refractivity contribution in [1.29, 1.82) is 0 Å². The Morgan fingerprint density at radius 3 is 3.00 bits per heavy atom. The Hall–Kier alpha value is -0.830. The van der Waals surface area contributed by atoms with Crippen LogP contribution >= 0.6 is 0 Å². The number of piperidine rings is 1. The molecule has 0 aromatic heterocycles. The molecule has 1 aliphatic rings. The summed E-state index contributed by atoms with van der Waals surface area (Å²) in [6.07, 6.45) is 3.75. The van der Waals surface area contributed by atoms with Crippen LogP contribution in [-0.2, 0) is 4.79 Å². The first-order valence-electron chi connectivity index (χ1n) is 5.20. The highest BCUT2D eigenvalue weighted by molar-refractivity contribution is 5.86. The second kappa shape index (κ2) is 4.60. The molecule has 0 radical (unpaired) electrons. The van der Waals surface area contributed by atoms with Gasteiger partial charge < -0.3 is 10.6 Å². The largest absolute Gasteiger partial charge is 0.351 e. The van der Waals surface area contributed by atoms with Crippen molar-refractivity contribution in [2.24, 2.45) is 5.41 Å². The van der Waals surface area contributed by atoms with Crippen molar-refractivity contribution in [3.8, 4) is 0 Å². The van der Waals surface area contributed by atoms with Crippen LogP contribution in [0, 0.1) is 5.41 Å². The second-order valence-electron chi connectivity index (χ2n) is 4.55. The average Bonchev–Trinajstić information content (AvgIpc) is 2.15. The fourth-order valence-corrected chi connectivity index (χ4v) is 1.89. The number of hydrogen-bond acceptors (Lipinski definition) is 2. The van der Waals surface area contributed by atoms with E-state index >= 15 is 0 Å². The lowest BCUT2D eigenvalue weighted by Crippen LogP contribution is -2.52. The van der Waals surface area contributed by atoms with Crippen molar-refractivity contribution < 1.29 is 4.79 Å². The van der Waals surface area contributed by atoms with E-state index in [1.165, 1.54) is 18.9 Å². The van der Waals surface area contributed by atoms with Gasteiger partial charge in [-0.15, -0.1) is 0 Å². The standard InChI is InChI=1S/C11H20N2O/c1-4-10(14)13-8-9-11(2,3)6-5-7-12-9/h4,9,12H,1,5-8H2,2-3H3,(H,13,14). The smallest absolute Gasteiger partial charge is 0.243 e.